The van der Waals surface area contributed by atoms with Gasteiger partial charge < -0.3 is 19.4 Å². The van der Waals surface area contributed by atoms with Gasteiger partial charge in [0.2, 0.25) is 0 Å². The minimum absolute atomic E-state index is 0.122. The molecule has 0 N–H and O–H groups in total. The number of halogens is 2. The fraction of sp³-hybridized carbons (Fsp3) is 0.467. The molecule has 0 amide bonds. The highest BCUT2D eigenvalue weighted by molar-refractivity contribution is 5.72. The molecule has 200 valence electrons. The van der Waals surface area contributed by atoms with E-state index >= 15 is 8.78 Å². The summed E-state index contributed by atoms with van der Waals surface area (Å²) in [7, 11) is 2.18. The van der Waals surface area contributed by atoms with E-state index in [0.29, 0.717) is 36.6 Å². The molecule has 2 aromatic carbocycles. The Morgan fingerprint density at radius 1 is 0.947 bits per heavy atom. The Morgan fingerprint density at radius 3 is 2.53 bits per heavy atom. The summed E-state index contributed by atoms with van der Waals surface area (Å²) < 4.78 is 35.7. The highest BCUT2D eigenvalue weighted by atomic mass is 19.1. The van der Waals surface area contributed by atoms with Crippen molar-refractivity contribution in [1.82, 2.24) is 14.9 Å². The molecule has 0 radical (unpaired) electrons. The Balaban J connectivity index is 1.32. The molecular weight excluding hydrogens is 484 g/mol. The summed E-state index contributed by atoms with van der Waals surface area (Å²) >= 11 is 0. The maximum atomic E-state index is 15.1. The van der Waals surface area contributed by atoms with E-state index in [1.54, 1.807) is 6.07 Å². The lowest BCUT2D eigenvalue weighted by atomic mass is 9.98. The molecule has 1 fully saturated rings. The number of nitrogens with zero attached hydrogens (tertiary/aromatic N) is 5. The molecule has 6 nitrogen and oxygen atoms in total. The number of benzene rings is 2. The van der Waals surface area contributed by atoms with Crippen molar-refractivity contribution in [3.63, 3.8) is 0 Å². The third-order valence-electron chi connectivity index (χ3n) is 8.15. The van der Waals surface area contributed by atoms with Crippen LogP contribution in [0.1, 0.15) is 42.8 Å². The van der Waals surface area contributed by atoms with Crippen molar-refractivity contribution in [2.45, 2.75) is 45.6 Å². The van der Waals surface area contributed by atoms with E-state index in [1.165, 1.54) is 34.6 Å². The van der Waals surface area contributed by atoms with Crippen molar-refractivity contribution in [1.29, 1.82) is 0 Å². The molecule has 0 bridgehead atoms. The first-order valence-electron chi connectivity index (χ1n) is 13.7. The molecule has 38 heavy (non-hydrogen) atoms. The van der Waals surface area contributed by atoms with E-state index in [-0.39, 0.29) is 17.5 Å². The van der Waals surface area contributed by atoms with Crippen molar-refractivity contribution in [3.8, 4) is 17.0 Å². The van der Waals surface area contributed by atoms with Crippen LogP contribution >= 0.6 is 0 Å². The van der Waals surface area contributed by atoms with Gasteiger partial charge in [0.05, 0.1) is 18.4 Å². The number of ether oxygens (including phenoxy) is 1. The van der Waals surface area contributed by atoms with Gasteiger partial charge in [0, 0.05) is 49.9 Å². The average molecular weight is 520 g/mol. The first kappa shape index (κ1) is 25.0. The highest BCUT2D eigenvalue weighted by Crippen LogP contribution is 2.40. The first-order valence-corrected chi connectivity index (χ1v) is 13.7. The fourth-order valence-electron chi connectivity index (χ4n) is 6.11. The molecule has 0 saturated carbocycles. The highest BCUT2D eigenvalue weighted by Gasteiger charge is 2.27. The second-order valence-electron chi connectivity index (χ2n) is 10.9. The fourth-order valence-corrected chi connectivity index (χ4v) is 6.11. The molecule has 0 atom stereocenters. The molecule has 1 saturated heterocycles. The SMILES string of the molecule is CC(C)N1CCOc2c(F)cc(-c3nc(Cc4ccc(N5CCN(C)CC5)c5c4CCC5)ncc3F)cc21. The minimum atomic E-state index is -0.559. The van der Waals surface area contributed by atoms with Crippen molar-refractivity contribution in [2.75, 3.05) is 56.2 Å². The maximum Gasteiger partial charge on any atom is 0.178 e. The van der Waals surface area contributed by atoms with Gasteiger partial charge >= 0.3 is 0 Å². The van der Waals surface area contributed by atoms with Crippen molar-refractivity contribution in [3.05, 3.63) is 64.6 Å². The molecule has 3 aliphatic rings. The van der Waals surface area contributed by atoms with E-state index in [4.69, 9.17) is 4.74 Å². The predicted octanol–water partition coefficient (Wildman–Crippen LogP) is 4.86. The predicted molar refractivity (Wildman–Crippen MR) is 146 cm³/mol. The van der Waals surface area contributed by atoms with Gasteiger partial charge in [-0.05, 0) is 75.0 Å². The number of likely N-dealkylation sites (N-methyl/N-ethyl adjacent to an activating group) is 1. The van der Waals surface area contributed by atoms with E-state index in [1.807, 2.05) is 0 Å². The standard InChI is InChI=1S/C30H35F2N5O/c1-19(2)37-13-14-38-30-24(31)15-21(16-27(30)37)29-25(32)18-33-28(34-29)17-20-7-8-26(23-6-4-5-22(20)23)36-11-9-35(3)10-12-36/h7-8,15-16,18-19H,4-6,9-14,17H2,1-3H3. The monoisotopic (exact) mass is 519 g/mol. The number of aromatic nitrogens is 2. The molecule has 0 unspecified atom stereocenters. The van der Waals surface area contributed by atoms with Gasteiger partial charge in [-0.2, -0.15) is 0 Å². The Labute approximate surface area is 223 Å². The molecule has 1 aliphatic carbocycles. The van der Waals surface area contributed by atoms with Crippen LogP contribution in [0.15, 0.2) is 30.5 Å². The quantitative estimate of drug-likeness (QED) is 0.480. The summed E-state index contributed by atoms with van der Waals surface area (Å²) in [4.78, 5) is 15.9. The molecular formula is C30H35F2N5O. The zero-order valence-corrected chi connectivity index (χ0v) is 22.4. The number of hydrogen-bond acceptors (Lipinski definition) is 6. The number of hydrogen-bond donors (Lipinski definition) is 0. The Bertz CT molecular complexity index is 1350. The van der Waals surface area contributed by atoms with Crippen LogP contribution in [0.2, 0.25) is 0 Å². The van der Waals surface area contributed by atoms with E-state index < -0.39 is 11.6 Å². The summed E-state index contributed by atoms with van der Waals surface area (Å²) in [6.45, 7) is 9.42. The molecule has 0 spiro atoms. The zero-order valence-electron chi connectivity index (χ0n) is 22.4. The van der Waals surface area contributed by atoms with Crippen LogP contribution in [0.25, 0.3) is 11.3 Å². The third-order valence-corrected chi connectivity index (χ3v) is 8.15. The number of rotatable bonds is 5. The van der Waals surface area contributed by atoms with Gasteiger partial charge in [-0.3, -0.25) is 0 Å². The Hall–Kier alpha value is -3.26. The van der Waals surface area contributed by atoms with Crippen LogP contribution in [0.5, 0.6) is 5.75 Å². The number of fused-ring (bicyclic) bond motifs is 2. The van der Waals surface area contributed by atoms with Gasteiger partial charge in [-0.15, -0.1) is 0 Å². The summed E-state index contributed by atoms with van der Waals surface area (Å²) in [5.41, 5.74) is 6.55. The molecule has 1 aromatic heterocycles. The zero-order chi connectivity index (χ0) is 26.4. The summed E-state index contributed by atoms with van der Waals surface area (Å²) in [5.74, 6) is -0.298. The van der Waals surface area contributed by atoms with E-state index in [9.17, 15) is 0 Å². The maximum absolute atomic E-state index is 15.1. The van der Waals surface area contributed by atoms with Crippen LogP contribution < -0.4 is 14.5 Å². The van der Waals surface area contributed by atoms with E-state index in [2.05, 4.69) is 57.7 Å². The topological polar surface area (TPSA) is 44.7 Å². The van der Waals surface area contributed by atoms with Gasteiger partial charge in [-0.25, -0.2) is 18.7 Å². The molecule has 3 aromatic rings. The van der Waals surface area contributed by atoms with Gasteiger partial charge in [0.15, 0.2) is 17.4 Å². The molecule has 6 rings (SSSR count). The average Bonchev–Trinajstić information content (AvgIpc) is 3.41. The second-order valence-corrected chi connectivity index (χ2v) is 10.9. The Kier molecular flexibility index (Phi) is 6.68. The van der Waals surface area contributed by atoms with Crippen LogP contribution in [-0.2, 0) is 19.3 Å². The third kappa shape index (κ3) is 4.59. The largest absolute Gasteiger partial charge is 0.486 e. The van der Waals surface area contributed by atoms with Crippen LogP contribution in [0, 0.1) is 11.6 Å². The number of anilines is 2. The van der Waals surface area contributed by atoms with Crippen LogP contribution in [0.4, 0.5) is 20.2 Å². The summed E-state index contributed by atoms with van der Waals surface area (Å²) in [5, 5.41) is 0. The second kappa shape index (κ2) is 10.1. The van der Waals surface area contributed by atoms with Crippen molar-refractivity contribution < 1.29 is 13.5 Å². The molecule has 2 aliphatic heterocycles. The van der Waals surface area contributed by atoms with Gasteiger partial charge in [0.25, 0.3) is 0 Å². The van der Waals surface area contributed by atoms with Crippen molar-refractivity contribution >= 4 is 11.4 Å². The lowest BCUT2D eigenvalue weighted by molar-refractivity contribution is 0.287. The van der Waals surface area contributed by atoms with Gasteiger partial charge in [0.1, 0.15) is 18.1 Å². The van der Waals surface area contributed by atoms with Gasteiger partial charge in [-0.1, -0.05) is 6.07 Å². The number of piperazine rings is 1. The smallest absolute Gasteiger partial charge is 0.178 e. The lowest BCUT2D eigenvalue weighted by Crippen LogP contribution is -2.44. The lowest BCUT2D eigenvalue weighted by Gasteiger charge is -2.35. The first-order chi connectivity index (χ1) is 18.4. The minimum Gasteiger partial charge on any atom is -0.486 e. The van der Waals surface area contributed by atoms with Crippen LogP contribution in [0.3, 0.4) is 0 Å². The van der Waals surface area contributed by atoms with E-state index in [0.717, 1.165) is 45.4 Å². The normalized spacial score (nSPS) is 17.5. The molecule has 3 heterocycles. The van der Waals surface area contributed by atoms with Crippen molar-refractivity contribution in [2.24, 2.45) is 0 Å². The Morgan fingerprint density at radius 2 is 1.74 bits per heavy atom. The van der Waals surface area contributed by atoms with Crippen LogP contribution in [-0.4, -0.2) is 67.3 Å². The molecule has 8 heteroatoms. The summed E-state index contributed by atoms with van der Waals surface area (Å²) in [6, 6.07) is 7.71. The summed E-state index contributed by atoms with van der Waals surface area (Å²) in [6.07, 6.45) is 5.01.